The normalized spacial score (nSPS) is 11.3. The van der Waals surface area contributed by atoms with Crippen molar-refractivity contribution in [3.05, 3.63) is 24.0 Å². The van der Waals surface area contributed by atoms with E-state index >= 15 is 0 Å². The summed E-state index contributed by atoms with van der Waals surface area (Å²) in [5.74, 6) is -1.11. The molecule has 0 heterocycles. The molecule has 0 spiro atoms. The zero-order valence-corrected chi connectivity index (χ0v) is 7.64. The van der Waals surface area contributed by atoms with Crippen LogP contribution in [-0.2, 0) is 10.0 Å². The van der Waals surface area contributed by atoms with Crippen LogP contribution in [0.4, 0.5) is 4.39 Å². The third-order valence-corrected chi connectivity index (χ3v) is 2.38. The minimum absolute atomic E-state index is 0.352. The molecule has 0 aliphatic carbocycles. The first-order chi connectivity index (χ1) is 5.96. The number of methoxy groups -OCH3 is 1. The van der Waals surface area contributed by atoms with E-state index in [2.05, 4.69) is 4.74 Å². The van der Waals surface area contributed by atoms with Gasteiger partial charge in [0, 0.05) is 0 Å². The first-order valence-corrected chi connectivity index (χ1v) is 4.86. The second-order valence-electron chi connectivity index (χ2n) is 2.32. The molecule has 6 heteroatoms. The van der Waals surface area contributed by atoms with E-state index in [1.165, 1.54) is 19.2 Å². The molecule has 1 aromatic rings. The predicted molar refractivity (Wildman–Crippen MR) is 44.3 cm³/mol. The van der Waals surface area contributed by atoms with Gasteiger partial charge >= 0.3 is 0 Å². The maximum atomic E-state index is 12.9. The molecular formula is C7H8FNO3S. The summed E-state index contributed by atoms with van der Waals surface area (Å²) in [7, 11) is -2.76. The van der Waals surface area contributed by atoms with Gasteiger partial charge in [-0.2, -0.15) is 0 Å². The molecule has 0 amide bonds. The van der Waals surface area contributed by atoms with E-state index in [9.17, 15) is 12.8 Å². The van der Waals surface area contributed by atoms with Crippen LogP contribution in [0, 0.1) is 5.82 Å². The van der Waals surface area contributed by atoms with Gasteiger partial charge in [-0.3, -0.25) is 0 Å². The molecular weight excluding hydrogens is 197 g/mol. The van der Waals surface area contributed by atoms with E-state index in [0.717, 1.165) is 6.07 Å². The summed E-state index contributed by atoms with van der Waals surface area (Å²) in [6.07, 6.45) is 0. The third kappa shape index (κ3) is 1.96. The van der Waals surface area contributed by atoms with Crippen molar-refractivity contribution >= 4 is 10.0 Å². The summed E-state index contributed by atoms with van der Waals surface area (Å²) in [6, 6.07) is 3.52. The molecule has 4 nitrogen and oxygen atoms in total. The maximum absolute atomic E-state index is 12.9. The van der Waals surface area contributed by atoms with Crippen LogP contribution in [0.2, 0.25) is 0 Å². The van der Waals surface area contributed by atoms with E-state index < -0.39 is 15.8 Å². The Hall–Kier alpha value is -1.14. The van der Waals surface area contributed by atoms with Crippen molar-refractivity contribution in [2.45, 2.75) is 4.90 Å². The Morgan fingerprint density at radius 3 is 2.46 bits per heavy atom. The summed E-state index contributed by atoms with van der Waals surface area (Å²) in [5, 5.41) is 4.83. The highest BCUT2D eigenvalue weighted by Gasteiger charge is 2.17. The van der Waals surface area contributed by atoms with Crippen molar-refractivity contribution in [3.8, 4) is 5.75 Å². The molecule has 0 saturated heterocycles. The molecule has 0 aliphatic rings. The average Bonchev–Trinajstić information content (AvgIpc) is 2.02. The lowest BCUT2D eigenvalue weighted by Gasteiger charge is -2.06. The van der Waals surface area contributed by atoms with E-state index in [0.29, 0.717) is 0 Å². The fraction of sp³-hybridized carbons (Fsp3) is 0.143. The molecule has 0 saturated carbocycles. The quantitative estimate of drug-likeness (QED) is 0.763. The van der Waals surface area contributed by atoms with Gasteiger partial charge in [-0.25, -0.2) is 17.9 Å². The zero-order valence-electron chi connectivity index (χ0n) is 6.82. The number of rotatable bonds is 2. The monoisotopic (exact) mass is 205 g/mol. The SMILES string of the molecule is COc1c(F)cccc1S(N)(=O)=O. The Morgan fingerprint density at radius 2 is 2.08 bits per heavy atom. The molecule has 0 radical (unpaired) electrons. The lowest BCUT2D eigenvalue weighted by atomic mass is 10.3. The van der Waals surface area contributed by atoms with Crippen molar-refractivity contribution in [2.75, 3.05) is 7.11 Å². The average molecular weight is 205 g/mol. The maximum Gasteiger partial charge on any atom is 0.241 e. The van der Waals surface area contributed by atoms with E-state index in [1.807, 2.05) is 0 Å². The zero-order chi connectivity index (χ0) is 10.1. The highest BCUT2D eigenvalue weighted by molar-refractivity contribution is 7.89. The first kappa shape index (κ1) is 9.94. The van der Waals surface area contributed by atoms with Crippen molar-refractivity contribution in [1.29, 1.82) is 0 Å². The molecule has 1 rings (SSSR count). The van der Waals surface area contributed by atoms with Crippen LogP contribution in [0.15, 0.2) is 23.1 Å². The Morgan fingerprint density at radius 1 is 1.46 bits per heavy atom. The number of ether oxygens (including phenoxy) is 1. The number of hydrogen-bond acceptors (Lipinski definition) is 3. The van der Waals surface area contributed by atoms with Crippen molar-refractivity contribution in [3.63, 3.8) is 0 Å². The topological polar surface area (TPSA) is 69.4 Å². The summed E-state index contributed by atoms with van der Waals surface area (Å²) in [4.78, 5) is -0.352. The van der Waals surface area contributed by atoms with Gasteiger partial charge in [-0.1, -0.05) is 6.07 Å². The van der Waals surface area contributed by atoms with Crippen LogP contribution in [0.5, 0.6) is 5.75 Å². The second kappa shape index (κ2) is 3.31. The highest BCUT2D eigenvalue weighted by atomic mass is 32.2. The van der Waals surface area contributed by atoms with E-state index in [4.69, 9.17) is 5.14 Å². The van der Waals surface area contributed by atoms with Crippen molar-refractivity contribution < 1.29 is 17.5 Å². The van der Waals surface area contributed by atoms with Gasteiger partial charge in [0.2, 0.25) is 10.0 Å². The Bertz CT molecular complexity index is 416. The lowest BCUT2D eigenvalue weighted by Crippen LogP contribution is -2.13. The number of benzene rings is 1. The molecule has 0 unspecified atom stereocenters. The number of nitrogens with two attached hydrogens (primary N) is 1. The summed E-state index contributed by atoms with van der Waals surface area (Å²) in [6.45, 7) is 0. The largest absolute Gasteiger partial charge is 0.492 e. The summed E-state index contributed by atoms with van der Waals surface area (Å²) >= 11 is 0. The lowest BCUT2D eigenvalue weighted by molar-refractivity contribution is 0.374. The second-order valence-corrected chi connectivity index (χ2v) is 3.85. The van der Waals surface area contributed by atoms with Gasteiger partial charge < -0.3 is 4.74 Å². The van der Waals surface area contributed by atoms with Crippen LogP contribution in [-0.4, -0.2) is 15.5 Å². The Labute approximate surface area is 75.2 Å². The van der Waals surface area contributed by atoms with Gasteiger partial charge in [0.15, 0.2) is 11.6 Å². The fourth-order valence-corrected chi connectivity index (χ4v) is 1.62. The molecule has 72 valence electrons. The fourth-order valence-electron chi connectivity index (χ4n) is 0.911. The molecule has 13 heavy (non-hydrogen) atoms. The molecule has 2 N–H and O–H groups in total. The first-order valence-electron chi connectivity index (χ1n) is 3.32. The number of para-hydroxylation sites is 1. The number of halogens is 1. The standard InChI is InChI=1S/C7H8FNO3S/c1-12-7-5(8)3-2-4-6(7)13(9,10)11/h2-4H,1H3,(H2,9,10,11). The van der Waals surface area contributed by atoms with Gasteiger partial charge in [-0.15, -0.1) is 0 Å². The van der Waals surface area contributed by atoms with Crippen molar-refractivity contribution in [2.24, 2.45) is 5.14 Å². The van der Waals surface area contributed by atoms with Crippen LogP contribution in [0.25, 0.3) is 0 Å². The Kier molecular flexibility index (Phi) is 2.53. The number of sulfonamides is 1. The van der Waals surface area contributed by atoms with Crippen LogP contribution in [0.1, 0.15) is 0 Å². The highest BCUT2D eigenvalue weighted by Crippen LogP contribution is 2.25. The smallest absolute Gasteiger partial charge is 0.241 e. The van der Waals surface area contributed by atoms with Gasteiger partial charge in [0.25, 0.3) is 0 Å². The van der Waals surface area contributed by atoms with Crippen LogP contribution >= 0.6 is 0 Å². The minimum atomic E-state index is -3.93. The number of hydrogen-bond donors (Lipinski definition) is 1. The van der Waals surface area contributed by atoms with E-state index in [1.54, 1.807) is 0 Å². The molecule has 0 atom stereocenters. The number of primary sulfonamides is 1. The Balaban J connectivity index is 3.47. The predicted octanol–water partition coefficient (Wildman–Crippen LogP) is 0.482. The summed E-state index contributed by atoms with van der Waals surface area (Å²) in [5.41, 5.74) is 0. The molecule has 0 aliphatic heterocycles. The molecule has 0 aromatic heterocycles. The van der Waals surface area contributed by atoms with E-state index in [-0.39, 0.29) is 10.6 Å². The van der Waals surface area contributed by atoms with Crippen LogP contribution in [0.3, 0.4) is 0 Å². The van der Waals surface area contributed by atoms with Gasteiger partial charge in [0.05, 0.1) is 7.11 Å². The van der Waals surface area contributed by atoms with Crippen molar-refractivity contribution in [1.82, 2.24) is 0 Å². The molecule has 1 aromatic carbocycles. The van der Waals surface area contributed by atoms with Gasteiger partial charge in [0.1, 0.15) is 4.90 Å². The van der Waals surface area contributed by atoms with Gasteiger partial charge in [-0.05, 0) is 12.1 Å². The molecule has 0 bridgehead atoms. The molecule has 0 fully saturated rings. The summed E-state index contributed by atoms with van der Waals surface area (Å²) < 4.78 is 39.3. The third-order valence-electron chi connectivity index (χ3n) is 1.44. The van der Waals surface area contributed by atoms with Crippen LogP contribution < -0.4 is 9.88 Å². The minimum Gasteiger partial charge on any atom is -0.492 e.